The molecule has 0 fully saturated rings. The van der Waals surface area contributed by atoms with Crippen LogP contribution >= 0.6 is 11.3 Å². The molecule has 0 spiro atoms. The highest BCUT2D eigenvalue weighted by molar-refractivity contribution is 7.15. The van der Waals surface area contributed by atoms with Crippen LogP contribution < -0.4 is 11.1 Å². The highest BCUT2D eigenvalue weighted by atomic mass is 32.1. The smallest absolute Gasteiger partial charge is 0.238 e. The number of rotatable bonds is 3. The van der Waals surface area contributed by atoms with Crippen LogP contribution in [0.25, 0.3) is 0 Å². The number of aryl methyl sites for hydroxylation is 1. The molecule has 0 saturated heterocycles. The number of nitrogens with zero attached hydrogens (tertiary/aromatic N) is 2. The third kappa shape index (κ3) is 2.91. The topological polar surface area (TPSA) is 71.2 Å². The summed E-state index contributed by atoms with van der Waals surface area (Å²) in [6.45, 7) is 5.88. The Labute approximate surface area is 127 Å². The summed E-state index contributed by atoms with van der Waals surface area (Å²) in [7, 11) is 0. The van der Waals surface area contributed by atoms with Crippen molar-refractivity contribution >= 4 is 28.1 Å². The van der Waals surface area contributed by atoms with E-state index in [0.717, 1.165) is 23.5 Å². The van der Waals surface area contributed by atoms with E-state index in [1.54, 1.807) is 0 Å². The maximum atomic E-state index is 12.2. The predicted molar refractivity (Wildman–Crippen MR) is 85.2 cm³/mol. The molecule has 0 saturated carbocycles. The molecule has 1 aromatic carbocycles. The monoisotopic (exact) mass is 302 g/mol. The zero-order valence-electron chi connectivity index (χ0n) is 12.1. The molecule has 0 bridgehead atoms. The number of nitrogen functional groups attached to an aromatic ring is 1. The number of carbonyl (C=O) groups is 1. The standard InChI is InChI=1S/C15H18N4OS/c1-9-4-3-5-11(10(9)2)17-14(20)8-19-6-12-13(7-19)21-15(16)18-12/h3-5H,6-8H2,1-2H3,(H2,16,18)(H,17,20). The predicted octanol–water partition coefficient (Wildman–Crippen LogP) is 2.30. The minimum Gasteiger partial charge on any atom is -0.375 e. The van der Waals surface area contributed by atoms with E-state index in [4.69, 9.17) is 5.73 Å². The molecule has 3 rings (SSSR count). The van der Waals surface area contributed by atoms with E-state index in [9.17, 15) is 4.79 Å². The number of carbonyl (C=O) groups excluding carboxylic acids is 1. The van der Waals surface area contributed by atoms with Crippen molar-refractivity contribution < 1.29 is 4.79 Å². The first kappa shape index (κ1) is 14.0. The zero-order valence-corrected chi connectivity index (χ0v) is 13.0. The Morgan fingerprint density at radius 1 is 1.43 bits per heavy atom. The summed E-state index contributed by atoms with van der Waals surface area (Å²) in [5.74, 6) is 0.00632. The summed E-state index contributed by atoms with van der Waals surface area (Å²) in [5.41, 5.74) is 9.86. The summed E-state index contributed by atoms with van der Waals surface area (Å²) < 4.78 is 0. The third-order valence-corrected chi connectivity index (χ3v) is 4.69. The highest BCUT2D eigenvalue weighted by Crippen LogP contribution is 2.29. The molecular formula is C15H18N4OS. The Kier molecular flexibility index (Phi) is 3.65. The Hall–Kier alpha value is -1.92. The Bertz CT molecular complexity index is 671. The lowest BCUT2D eigenvalue weighted by molar-refractivity contribution is -0.117. The van der Waals surface area contributed by atoms with E-state index in [-0.39, 0.29) is 5.91 Å². The van der Waals surface area contributed by atoms with Gasteiger partial charge in [-0.3, -0.25) is 9.69 Å². The summed E-state index contributed by atoms with van der Waals surface area (Å²) in [4.78, 5) is 19.7. The minimum absolute atomic E-state index is 0.00632. The van der Waals surface area contributed by atoms with Crippen molar-refractivity contribution in [3.05, 3.63) is 39.9 Å². The van der Waals surface area contributed by atoms with Gasteiger partial charge in [0.05, 0.1) is 12.2 Å². The van der Waals surface area contributed by atoms with Gasteiger partial charge in [0.15, 0.2) is 5.13 Å². The van der Waals surface area contributed by atoms with E-state index in [1.165, 1.54) is 21.8 Å². The molecule has 1 aliphatic heterocycles. The van der Waals surface area contributed by atoms with Crippen molar-refractivity contribution in [1.29, 1.82) is 0 Å². The molecule has 1 aromatic heterocycles. The van der Waals surface area contributed by atoms with Crippen LogP contribution in [-0.4, -0.2) is 22.3 Å². The van der Waals surface area contributed by atoms with Crippen LogP contribution in [0.1, 0.15) is 21.7 Å². The molecule has 0 aliphatic carbocycles. The number of hydrogen-bond acceptors (Lipinski definition) is 5. The van der Waals surface area contributed by atoms with E-state index < -0.39 is 0 Å². The van der Waals surface area contributed by atoms with Crippen LogP contribution in [0.3, 0.4) is 0 Å². The van der Waals surface area contributed by atoms with E-state index in [0.29, 0.717) is 18.2 Å². The van der Waals surface area contributed by atoms with Crippen molar-refractivity contribution in [2.45, 2.75) is 26.9 Å². The molecule has 2 aromatic rings. The van der Waals surface area contributed by atoms with Crippen LogP contribution in [0, 0.1) is 13.8 Å². The van der Waals surface area contributed by atoms with Gasteiger partial charge in [-0.2, -0.15) is 0 Å². The van der Waals surface area contributed by atoms with E-state index in [2.05, 4.69) is 15.2 Å². The number of nitrogens with one attached hydrogen (secondary N) is 1. The number of amides is 1. The molecule has 5 nitrogen and oxygen atoms in total. The van der Waals surface area contributed by atoms with Crippen LogP contribution in [0.5, 0.6) is 0 Å². The van der Waals surface area contributed by atoms with E-state index in [1.807, 2.05) is 32.0 Å². The maximum absolute atomic E-state index is 12.2. The molecule has 0 unspecified atom stereocenters. The number of nitrogens with two attached hydrogens (primary N) is 1. The summed E-state index contributed by atoms with van der Waals surface area (Å²) >= 11 is 1.51. The van der Waals surface area contributed by atoms with Gasteiger partial charge in [0.25, 0.3) is 0 Å². The first-order valence-electron chi connectivity index (χ1n) is 6.85. The molecule has 1 amide bonds. The van der Waals surface area contributed by atoms with Crippen molar-refractivity contribution in [1.82, 2.24) is 9.88 Å². The van der Waals surface area contributed by atoms with E-state index >= 15 is 0 Å². The van der Waals surface area contributed by atoms with Crippen molar-refractivity contribution in [2.75, 3.05) is 17.6 Å². The summed E-state index contributed by atoms with van der Waals surface area (Å²) in [5, 5.41) is 3.60. The van der Waals surface area contributed by atoms with Crippen molar-refractivity contribution in [3.8, 4) is 0 Å². The minimum atomic E-state index is 0.00632. The number of anilines is 2. The lowest BCUT2D eigenvalue weighted by Gasteiger charge is -2.15. The highest BCUT2D eigenvalue weighted by Gasteiger charge is 2.24. The molecular weight excluding hydrogens is 284 g/mol. The lowest BCUT2D eigenvalue weighted by Crippen LogP contribution is -2.29. The van der Waals surface area contributed by atoms with Gasteiger partial charge in [0, 0.05) is 23.7 Å². The average molecular weight is 302 g/mol. The van der Waals surface area contributed by atoms with Gasteiger partial charge in [-0.1, -0.05) is 12.1 Å². The number of hydrogen-bond donors (Lipinski definition) is 2. The second-order valence-corrected chi connectivity index (χ2v) is 6.48. The molecule has 110 valence electrons. The number of benzene rings is 1. The Morgan fingerprint density at radius 2 is 2.24 bits per heavy atom. The second-order valence-electron chi connectivity index (χ2n) is 5.36. The molecule has 0 atom stereocenters. The zero-order chi connectivity index (χ0) is 15.0. The van der Waals surface area contributed by atoms with Gasteiger partial charge in [-0.25, -0.2) is 4.98 Å². The van der Waals surface area contributed by atoms with Gasteiger partial charge in [0.2, 0.25) is 5.91 Å². The number of aromatic nitrogens is 1. The largest absolute Gasteiger partial charge is 0.375 e. The lowest BCUT2D eigenvalue weighted by atomic mass is 10.1. The molecule has 1 aliphatic rings. The molecule has 0 radical (unpaired) electrons. The average Bonchev–Trinajstić information content (AvgIpc) is 2.91. The fourth-order valence-corrected chi connectivity index (χ4v) is 3.40. The second kappa shape index (κ2) is 5.46. The van der Waals surface area contributed by atoms with Gasteiger partial charge in [0.1, 0.15) is 0 Å². The summed E-state index contributed by atoms with van der Waals surface area (Å²) in [6.07, 6.45) is 0. The normalized spacial score (nSPS) is 14.2. The summed E-state index contributed by atoms with van der Waals surface area (Å²) in [6, 6.07) is 5.93. The van der Waals surface area contributed by atoms with Gasteiger partial charge < -0.3 is 11.1 Å². The maximum Gasteiger partial charge on any atom is 0.238 e. The Balaban J connectivity index is 1.60. The van der Waals surface area contributed by atoms with Crippen LogP contribution in [0.15, 0.2) is 18.2 Å². The van der Waals surface area contributed by atoms with Crippen LogP contribution in [0.4, 0.5) is 10.8 Å². The first-order chi connectivity index (χ1) is 10.0. The van der Waals surface area contributed by atoms with Crippen molar-refractivity contribution in [2.24, 2.45) is 0 Å². The molecule has 21 heavy (non-hydrogen) atoms. The number of fused-ring (bicyclic) bond motifs is 1. The third-order valence-electron chi connectivity index (χ3n) is 3.78. The fourth-order valence-electron chi connectivity index (χ4n) is 2.51. The fraction of sp³-hybridized carbons (Fsp3) is 0.333. The SMILES string of the molecule is Cc1cccc(NC(=O)CN2Cc3nc(N)sc3C2)c1C. The molecule has 6 heteroatoms. The van der Waals surface area contributed by atoms with Crippen molar-refractivity contribution in [3.63, 3.8) is 0 Å². The molecule has 2 heterocycles. The first-order valence-corrected chi connectivity index (χ1v) is 7.67. The van der Waals surface area contributed by atoms with Gasteiger partial charge >= 0.3 is 0 Å². The molecule has 3 N–H and O–H groups in total. The van der Waals surface area contributed by atoms with Crippen LogP contribution in [-0.2, 0) is 17.9 Å². The number of thiazole rings is 1. The quantitative estimate of drug-likeness (QED) is 0.912. The van der Waals surface area contributed by atoms with Gasteiger partial charge in [-0.15, -0.1) is 11.3 Å². The van der Waals surface area contributed by atoms with Gasteiger partial charge in [-0.05, 0) is 31.0 Å². The van der Waals surface area contributed by atoms with Crippen LogP contribution in [0.2, 0.25) is 0 Å². The Morgan fingerprint density at radius 3 is 3.00 bits per heavy atom.